The number of anilines is 2. The maximum Gasteiger partial charge on any atom is 0.247 e. The number of aromatic nitrogens is 4. The molecule has 8 nitrogen and oxygen atoms in total. The van der Waals surface area contributed by atoms with Gasteiger partial charge in [0.2, 0.25) is 11.8 Å². The summed E-state index contributed by atoms with van der Waals surface area (Å²) in [5.74, 6) is 0.279. The molecule has 1 aliphatic carbocycles. The van der Waals surface area contributed by atoms with Crippen LogP contribution in [0.4, 0.5) is 10.8 Å². The number of carbonyl (C=O) groups excluding carboxylic acids is 2. The summed E-state index contributed by atoms with van der Waals surface area (Å²) in [7, 11) is 0. The zero-order valence-corrected chi connectivity index (χ0v) is 18.0. The van der Waals surface area contributed by atoms with E-state index in [1.54, 1.807) is 4.68 Å². The fraction of sp³-hybridized carbons (Fsp3) is 0.261. The van der Waals surface area contributed by atoms with Crippen LogP contribution in [0.5, 0.6) is 0 Å². The lowest BCUT2D eigenvalue weighted by molar-refractivity contribution is -0.119. The Morgan fingerprint density at radius 3 is 2.91 bits per heavy atom. The molecule has 2 aromatic heterocycles. The van der Waals surface area contributed by atoms with Crippen LogP contribution in [0.15, 0.2) is 47.8 Å². The molecule has 2 aromatic carbocycles. The van der Waals surface area contributed by atoms with Crippen molar-refractivity contribution in [2.24, 2.45) is 5.92 Å². The minimum atomic E-state index is -0.204. The fourth-order valence-corrected chi connectivity index (χ4v) is 4.87. The second-order valence-corrected chi connectivity index (χ2v) is 9.04. The van der Waals surface area contributed by atoms with Gasteiger partial charge in [-0.3, -0.25) is 9.59 Å². The second-order valence-electron chi connectivity index (χ2n) is 8.18. The minimum Gasteiger partial charge on any atom is -0.312 e. The molecule has 0 saturated heterocycles. The molecule has 2 amide bonds. The average Bonchev–Trinajstić information content (AvgIpc) is 3.21. The molecule has 1 N–H and O–H groups in total. The van der Waals surface area contributed by atoms with Gasteiger partial charge in [0.15, 0.2) is 5.13 Å². The molecule has 0 bridgehead atoms. The van der Waals surface area contributed by atoms with Crippen molar-refractivity contribution in [3.63, 3.8) is 0 Å². The summed E-state index contributed by atoms with van der Waals surface area (Å²) < 4.78 is 1.58. The number of hydrogen-bond donors (Lipinski definition) is 1. The Labute approximate surface area is 187 Å². The van der Waals surface area contributed by atoms with Crippen molar-refractivity contribution in [3.8, 4) is 11.3 Å². The summed E-state index contributed by atoms with van der Waals surface area (Å²) in [6.45, 7) is 0.822. The molecular weight excluding hydrogens is 424 g/mol. The highest BCUT2D eigenvalue weighted by molar-refractivity contribution is 7.14. The number of para-hydroxylation sites is 1. The summed E-state index contributed by atoms with van der Waals surface area (Å²) in [4.78, 5) is 31.5. The second kappa shape index (κ2) is 7.52. The Morgan fingerprint density at radius 1 is 1.16 bits per heavy atom. The van der Waals surface area contributed by atoms with Crippen LogP contribution in [0.1, 0.15) is 18.4 Å². The van der Waals surface area contributed by atoms with Gasteiger partial charge < -0.3 is 10.2 Å². The summed E-state index contributed by atoms with van der Waals surface area (Å²) in [5.41, 5.74) is 5.57. The van der Waals surface area contributed by atoms with E-state index in [2.05, 4.69) is 26.7 Å². The lowest BCUT2D eigenvalue weighted by Crippen LogP contribution is -2.30. The van der Waals surface area contributed by atoms with E-state index in [1.165, 1.54) is 16.9 Å². The van der Waals surface area contributed by atoms with Gasteiger partial charge in [0.05, 0.1) is 11.2 Å². The molecule has 2 aliphatic rings. The van der Waals surface area contributed by atoms with E-state index in [0.29, 0.717) is 5.13 Å². The first-order chi connectivity index (χ1) is 15.7. The fourth-order valence-electron chi connectivity index (χ4n) is 4.13. The lowest BCUT2D eigenvalue weighted by atomic mass is 10.1. The number of thiazole rings is 1. The van der Waals surface area contributed by atoms with Gasteiger partial charge in [-0.2, -0.15) is 0 Å². The van der Waals surface area contributed by atoms with Crippen molar-refractivity contribution >= 4 is 45.0 Å². The van der Waals surface area contributed by atoms with Crippen LogP contribution in [0.2, 0.25) is 0 Å². The van der Waals surface area contributed by atoms with Gasteiger partial charge in [0.25, 0.3) is 0 Å². The predicted octanol–water partition coefficient (Wildman–Crippen LogP) is 3.49. The van der Waals surface area contributed by atoms with E-state index in [1.807, 2.05) is 46.7 Å². The molecule has 3 heterocycles. The standard InChI is InChI=1S/C23H20N6O2S/c30-21(12-29-20-4-2-1-3-17(20)26-27-29)25-23-24-18(13-32-23)15-7-8-19-16(11-15)9-10-28(19)22(31)14-5-6-14/h1-4,7-8,11,13-14H,5-6,9-10,12H2,(H,24,25,30). The van der Waals surface area contributed by atoms with Crippen LogP contribution >= 0.6 is 11.3 Å². The highest BCUT2D eigenvalue weighted by Crippen LogP contribution is 2.38. The highest BCUT2D eigenvalue weighted by Gasteiger charge is 2.36. The minimum absolute atomic E-state index is 0.0686. The van der Waals surface area contributed by atoms with Crippen LogP contribution in [-0.4, -0.2) is 38.3 Å². The Morgan fingerprint density at radius 2 is 2.03 bits per heavy atom. The van der Waals surface area contributed by atoms with E-state index in [-0.39, 0.29) is 24.3 Å². The van der Waals surface area contributed by atoms with Crippen LogP contribution < -0.4 is 10.2 Å². The van der Waals surface area contributed by atoms with Gasteiger partial charge in [-0.1, -0.05) is 23.4 Å². The zero-order valence-electron chi connectivity index (χ0n) is 17.2. The number of benzene rings is 2. The van der Waals surface area contributed by atoms with Crippen LogP contribution in [0.25, 0.3) is 22.3 Å². The molecule has 0 atom stereocenters. The molecule has 1 fully saturated rings. The molecule has 160 valence electrons. The SMILES string of the molecule is O=C(Cn1nnc2ccccc21)Nc1nc(-c2ccc3c(c2)CCN3C(=O)C2CC2)cs1. The van der Waals surface area contributed by atoms with Gasteiger partial charge >= 0.3 is 0 Å². The number of rotatable bonds is 5. The molecule has 0 unspecified atom stereocenters. The number of nitrogens with zero attached hydrogens (tertiary/aromatic N) is 5. The Bertz CT molecular complexity index is 1360. The number of fused-ring (bicyclic) bond motifs is 2. The highest BCUT2D eigenvalue weighted by atomic mass is 32.1. The summed E-state index contributed by atoms with van der Waals surface area (Å²) in [6, 6.07) is 13.7. The molecule has 32 heavy (non-hydrogen) atoms. The largest absolute Gasteiger partial charge is 0.312 e. The van der Waals surface area contributed by atoms with E-state index in [9.17, 15) is 9.59 Å². The number of hydrogen-bond acceptors (Lipinski definition) is 6. The smallest absolute Gasteiger partial charge is 0.247 e. The van der Waals surface area contributed by atoms with Gasteiger partial charge in [0.1, 0.15) is 12.1 Å². The van der Waals surface area contributed by atoms with E-state index in [4.69, 9.17) is 0 Å². The number of amides is 2. The maximum absolute atomic E-state index is 12.5. The molecule has 1 saturated carbocycles. The topological polar surface area (TPSA) is 93.0 Å². The first kappa shape index (κ1) is 19.1. The van der Waals surface area contributed by atoms with E-state index >= 15 is 0 Å². The number of carbonyl (C=O) groups is 2. The van der Waals surface area contributed by atoms with E-state index in [0.717, 1.165) is 53.8 Å². The Kier molecular flexibility index (Phi) is 4.50. The summed E-state index contributed by atoms with van der Waals surface area (Å²) in [5, 5.41) is 13.5. The molecule has 4 aromatic rings. The Balaban J connectivity index is 1.16. The lowest BCUT2D eigenvalue weighted by Gasteiger charge is -2.17. The third-order valence-electron chi connectivity index (χ3n) is 5.93. The quantitative estimate of drug-likeness (QED) is 0.509. The van der Waals surface area contributed by atoms with Crippen LogP contribution in [0, 0.1) is 5.92 Å². The summed E-state index contributed by atoms with van der Waals surface area (Å²) >= 11 is 1.39. The monoisotopic (exact) mass is 444 g/mol. The third-order valence-corrected chi connectivity index (χ3v) is 6.69. The average molecular weight is 445 g/mol. The van der Waals surface area contributed by atoms with Gasteiger partial charge in [-0.05, 0) is 49.1 Å². The molecule has 1 aliphatic heterocycles. The molecular formula is C23H20N6O2S. The van der Waals surface area contributed by atoms with Crippen molar-refractivity contribution in [2.45, 2.75) is 25.8 Å². The van der Waals surface area contributed by atoms with Gasteiger partial charge in [0, 0.05) is 29.1 Å². The van der Waals surface area contributed by atoms with Crippen molar-refractivity contribution in [2.75, 3.05) is 16.8 Å². The van der Waals surface area contributed by atoms with Crippen molar-refractivity contribution < 1.29 is 9.59 Å². The normalized spacial score (nSPS) is 15.2. The summed E-state index contributed by atoms with van der Waals surface area (Å²) in [6.07, 6.45) is 2.90. The van der Waals surface area contributed by atoms with Crippen LogP contribution in [0.3, 0.4) is 0 Å². The molecule has 0 radical (unpaired) electrons. The van der Waals surface area contributed by atoms with Crippen LogP contribution in [-0.2, 0) is 22.6 Å². The zero-order chi connectivity index (χ0) is 21.7. The van der Waals surface area contributed by atoms with Crippen molar-refractivity contribution in [3.05, 3.63) is 53.4 Å². The van der Waals surface area contributed by atoms with Gasteiger partial charge in [-0.15, -0.1) is 16.4 Å². The van der Waals surface area contributed by atoms with Crippen molar-refractivity contribution in [1.29, 1.82) is 0 Å². The first-order valence-corrected chi connectivity index (χ1v) is 11.5. The predicted molar refractivity (Wildman–Crippen MR) is 122 cm³/mol. The maximum atomic E-state index is 12.5. The Hall–Kier alpha value is -3.59. The third kappa shape index (κ3) is 3.44. The van der Waals surface area contributed by atoms with Crippen molar-refractivity contribution in [1.82, 2.24) is 20.0 Å². The van der Waals surface area contributed by atoms with Gasteiger partial charge in [-0.25, -0.2) is 9.67 Å². The first-order valence-electron chi connectivity index (χ1n) is 10.6. The van der Waals surface area contributed by atoms with E-state index < -0.39 is 0 Å². The molecule has 6 rings (SSSR count). The molecule has 9 heteroatoms. The number of nitrogens with one attached hydrogen (secondary N) is 1. The molecule has 0 spiro atoms.